The number of aryl methyl sites for hydroxylation is 1. The maximum Gasteiger partial charge on any atom is 0.240 e. The summed E-state index contributed by atoms with van der Waals surface area (Å²) in [7, 11) is -3.51. The molecule has 0 bridgehead atoms. The Balaban J connectivity index is 2.17. The molecule has 0 spiro atoms. The average molecular weight is 296 g/mol. The third-order valence-corrected chi connectivity index (χ3v) is 5.10. The number of rotatable bonds is 5. The molecule has 1 aromatic heterocycles. The summed E-state index contributed by atoms with van der Waals surface area (Å²) < 4.78 is 26.8. The molecule has 1 heterocycles. The number of nitrogens with one attached hydrogen (secondary N) is 1. The second kappa shape index (κ2) is 5.73. The first kappa shape index (κ1) is 14.0. The van der Waals surface area contributed by atoms with Gasteiger partial charge in [0.15, 0.2) is 0 Å². The Morgan fingerprint density at radius 3 is 2.68 bits per heavy atom. The zero-order valence-corrected chi connectivity index (χ0v) is 12.2. The molecule has 0 fully saturated rings. The zero-order chi connectivity index (χ0) is 13.9. The normalized spacial score (nSPS) is 11.6. The number of nitrogen functional groups attached to an aromatic ring is 1. The molecule has 0 unspecified atom stereocenters. The van der Waals surface area contributed by atoms with E-state index in [1.807, 2.05) is 24.4 Å². The van der Waals surface area contributed by atoms with E-state index in [0.29, 0.717) is 12.2 Å². The Bertz CT molecular complexity index is 649. The van der Waals surface area contributed by atoms with Crippen LogP contribution >= 0.6 is 11.3 Å². The van der Waals surface area contributed by atoms with E-state index in [1.54, 1.807) is 12.1 Å². The fraction of sp³-hybridized carbons (Fsp3) is 0.231. The van der Waals surface area contributed by atoms with Crippen molar-refractivity contribution in [2.75, 3.05) is 5.73 Å². The standard InChI is InChI=1S/C13H16N2O2S2/c1-2-10-5-6-12(8-13(10)14)19(16,17)15-9-11-4-3-7-18-11/h3-8,15H,2,9,14H2,1H3. The number of sulfonamides is 1. The molecule has 0 amide bonds. The van der Waals surface area contributed by atoms with Crippen molar-refractivity contribution >= 4 is 27.0 Å². The minimum atomic E-state index is -3.51. The van der Waals surface area contributed by atoms with Crippen molar-refractivity contribution in [1.82, 2.24) is 4.72 Å². The first-order valence-corrected chi connectivity index (χ1v) is 8.29. The molecule has 6 heteroatoms. The van der Waals surface area contributed by atoms with Crippen molar-refractivity contribution in [3.63, 3.8) is 0 Å². The topological polar surface area (TPSA) is 72.2 Å². The number of thiophene rings is 1. The molecule has 0 saturated carbocycles. The van der Waals surface area contributed by atoms with Gasteiger partial charge in [-0.05, 0) is 35.6 Å². The monoisotopic (exact) mass is 296 g/mol. The highest BCUT2D eigenvalue weighted by Gasteiger charge is 2.15. The van der Waals surface area contributed by atoms with Gasteiger partial charge in [0.05, 0.1) is 4.90 Å². The van der Waals surface area contributed by atoms with Gasteiger partial charge in [-0.3, -0.25) is 0 Å². The molecule has 1 aromatic carbocycles. The molecule has 0 aliphatic heterocycles. The second-order valence-corrected chi connectivity index (χ2v) is 6.92. The van der Waals surface area contributed by atoms with Crippen LogP contribution in [0, 0.1) is 0 Å². The maximum absolute atomic E-state index is 12.1. The predicted octanol–water partition coefficient (Wildman–Crippen LogP) is 2.37. The Kier molecular flexibility index (Phi) is 4.24. The SMILES string of the molecule is CCc1ccc(S(=O)(=O)NCc2cccs2)cc1N. The third-order valence-electron chi connectivity index (χ3n) is 2.83. The van der Waals surface area contributed by atoms with E-state index in [4.69, 9.17) is 5.73 Å². The number of hydrogen-bond donors (Lipinski definition) is 2. The van der Waals surface area contributed by atoms with Gasteiger partial charge < -0.3 is 5.73 Å². The maximum atomic E-state index is 12.1. The quantitative estimate of drug-likeness (QED) is 0.832. The number of benzene rings is 1. The lowest BCUT2D eigenvalue weighted by molar-refractivity contribution is 0.582. The van der Waals surface area contributed by atoms with E-state index in [0.717, 1.165) is 16.9 Å². The van der Waals surface area contributed by atoms with Crippen LogP contribution in [0.2, 0.25) is 0 Å². The molecule has 19 heavy (non-hydrogen) atoms. The first-order valence-electron chi connectivity index (χ1n) is 5.93. The lowest BCUT2D eigenvalue weighted by Crippen LogP contribution is -2.23. The van der Waals surface area contributed by atoms with Crippen molar-refractivity contribution in [2.24, 2.45) is 0 Å². The molecule has 4 nitrogen and oxygen atoms in total. The smallest absolute Gasteiger partial charge is 0.240 e. The summed E-state index contributed by atoms with van der Waals surface area (Å²) in [5, 5.41) is 1.91. The number of nitrogens with two attached hydrogens (primary N) is 1. The van der Waals surface area contributed by atoms with Gasteiger partial charge in [-0.25, -0.2) is 13.1 Å². The summed E-state index contributed by atoms with van der Waals surface area (Å²) in [6, 6.07) is 8.64. The Hall–Kier alpha value is -1.37. The van der Waals surface area contributed by atoms with Crippen LogP contribution in [-0.2, 0) is 23.0 Å². The van der Waals surface area contributed by atoms with Crippen LogP contribution in [0.15, 0.2) is 40.6 Å². The fourth-order valence-electron chi connectivity index (χ4n) is 1.72. The predicted molar refractivity (Wildman–Crippen MR) is 78.6 cm³/mol. The molecular formula is C13H16N2O2S2. The highest BCUT2D eigenvalue weighted by molar-refractivity contribution is 7.89. The molecular weight excluding hydrogens is 280 g/mol. The van der Waals surface area contributed by atoms with Gasteiger partial charge in [0, 0.05) is 17.1 Å². The number of hydrogen-bond acceptors (Lipinski definition) is 4. The van der Waals surface area contributed by atoms with Crippen molar-refractivity contribution in [2.45, 2.75) is 24.8 Å². The van der Waals surface area contributed by atoms with Gasteiger partial charge in [-0.2, -0.15) is 0 Å². The van der Waals surface area contributed by atoms with Gasteiger partial charge >= 0.3 is 0 Å². The van der Waals surface area contributed by atoms with Crippen LogP contribution in [0.4, 0.5) is 5.69 Å². The lowest BCUT2D eigenvalue weighted by Gasteiger charge is -2.08. The molecule has 0 saturated heterocycles. The highest BCUT2D eigenvalue weighted by atomic mass is 32.2. The molecule has 0 atom stereocenters. The van der Waals surface area contributed by atoms with Crippen LogP contribution in [0.3, 0.4) is 0 Å². The van der Waals surface area contributed by atoms with Gasteiger partial charge in [0.2, 0.25) is 10.0 Å². The lowest BCUT2D eigenvalue weighted by atomic mass is 10.1. The number of anilines is 1. The van der Waals surface area contributed by atoms with E-state index >= 15 is 0 Å². The Morgan fingerprint density at radius 1 is 1.32 bits per heavy atom. The summed E-state index contributed by atoms with van der Waals surface area (Å²) in [6.07, 6.45) is 0.786. The molecule has 3 N–H and O–H groups in total. The van der Waals surface area contributed by atoms with Gasteiger partial charge in [-0.15, -0.1) is 11.3 Å². The highest BCUT2D eigenvalue weighted by Crippen LogP contribution is 2.19. The van der Waals surface area contributed by atoms with E-state index < -0.39 is 10.0 Å². The summed E-state index contributed by atoms with van der Waals surface area (Å²) in [5.74, 6) is 0. The van der Waals surface area contributed by atoms with Crippen LogP contribution in [0.5, 0.6) is 0 Å². The Labute approximate surface area is 117 Å². The van der Waals surface area contributed by atoms with Crippen LogP contribution in [0.25, 0.3) is 0 Å². The molecule has 2 rings (SSSR count). The first-order chi connectivity index (χ1) is 9.03. The van der Waals surface area contributed by atoms with E-state index in [9.17, 15) is 8.42 Å². The van der Waals surface area contributed by atoms with E-state index in [-0.39, 0.29) is 4.90 Å². The van der Waals surface area contributed by atoms with Crippen LogP contribution in [-0.4, -0.2) is 8.42 Å². The van der Waals surface area contributed by atoms with Crippen molar-refractivity contribution in [1.29, 1.82) is 0 Å². The van der Waals surface area contributed by atoms with Crippen molar-refractivity contribution < 1.29 is 8.42 Å². The van der Waals surface area contributed by atoms with Gasteiger partial charge in [0.25, 0.3) is 0 Å². The molecule has 0 aliphatic carbocycles. The van der Waals surface area contributed by atoms with Crippen LogP contribution < -0.4 is 10.5 Å². The van der Waals surface area contributed by atoms with Crippen LogP contribution in [0.1, 0.15) is 17.4 Å². The summed E-state index contributed by atoms with van der Waals surface area (Å²) in [6.45, 7) is 2.28. The molecule has 0 radical (unpaired) electrons. The molecule has 2 aromatic rings. The second-order valence-electron chi connectivity index (χ2n) is 4.12. The minimum absolute atomic E-state index is 0.207. The van der Waals surface area contributed by atoms with E-state index in [2.05, 4.69) is 4.72 Å². The average Bonchev–Trinajstić information content (AvgIpc) is 2.89. The van der Waals surface area contributed by atoms with Gasteiger partial charge in [0.1, 0.15) is 0 Å². The summed E-state index contributed by atoms with van der Waals surface area (Å²) in [4.78, 5) is 1.18. The Morgan fingerprint density at radius 2 is 2.11 bits per heavy atom. The van der Waals surface area contributed by atoms with Crippen molar-refractivity contribution in [3.05, 3.63) is 46.2 Å². The van der Waals surface area contributed by atoms with Crippen molar-refractivity contribution in [3.8, 4) is 0 Å². The summed E-state index contributed by atoms with van der Waals surface area (Å²) in [5.41, 5.74) is 7.30. The van der Waals surface area contributed by atoms with E-state index in [1.165, 1.54) is 17.4 Å². The fourth-order valence-corrected chi connectivity index (χ4v) is 3.50. The summed E-state index contributed by atoms with van der Waals surface area (Å²) >= 11 is 1.52. The zero-order valence-electron chi connectivity index (χ0n) is 10.6. The molecule has 0 aliphatic rings. The third kappa shape index (κ3) is 3.34. The molecule has 102 valence electrons. The minimum Gasteiger partial charge on any atom is -0.398 e. The largest absolute Gasteiger partial charge is 0.398 e. The van der Waals surface area contributed by atoms with Gasteiger partial charge in [-0.1, -0.05) is 19.1 Å².